The van der Waals surface area contributed by atoms with Crippen LogP contribution in [0.5, 0.6) is 5.75 Å². The third-order valence-corrected chi connectivity index (χ3v) is 6.12. The summed E-state index contributed by atoms with van der Waals surface area (Å²) in [7, 11) is 1.58. The van der Waals surface area contributed by atoms with Gasteiger partial charge < -0.3 is 15.4 Å². The smallest absolute Gasteiger partial charge is 0.276 e. The van der Waals surface area contributed by atoms with E-state index in [1.54, 1.807) is 65.5 Å². The van der Waals surface area contributed by atoms with E-state index in [1.807, 2.05) is 6.92 Å². The number of methoxy groups -OCH3 is 1. The van der Waals surface area contributed by atoms with Crippen molar-refractivity contribution in [3.63, 3.8) is 0 Å². The molecular weight excluding hydrogens is 436 g/mol. The first-order valence-electron chi connectivity index (χ1n) is 10.9. The van der Waals surface area contributed by atoms with Crippen molar-refractivity contribution in [1.29, 1.82) is 0 Å². The normalized spacial score (nSPS) is 20.1. The Hall–Kier alpha value is -4.18. The fraction of sp³-hybridized carbons (Fsp3) is 0.250. The number of carbonyl (C=O) groups is 3. The van der Waals surface area contributed by atoms with Crippen molar-refractivity contribution in [2.75, 3.05) is 28.6 Å². The topological polar surface area (TPSA) is 121 Å². The van der Waals surface area contributed by atoms with Crippen molar-refractivity contribution in [2.24, 2.45) is 10.8 Å². The Labute approximate surface area is 196 Å². The standard InChI is InChI=1S/C24H24N6O4/c1-14-13-20(31)29(26-14)16-5-3-15(4-6-16)28-12-11-19-21(23(25)32)27-30(22(19)24(28)33)17-7-9-18(34-2)10-8-17/h3-10,21,27H,11-13H2,1-2H3,(H2,25,32). The van der Waals surface area contributed by atoms with Gasteiger partial charge in [0, 0.05) is 17.9 Å². The fourth-order valence-corrected chi connectivity index (χ4v) is 4.46. The monoisotopic (exact) mass is 460 g/mol. The summed E-state index contributed by atoms with van der Waals surface area (Å²) in [5.74, 6) is -0.192. The predicted octanol–water partition coefficient (Wildman–Crippen LogP) is 1.68. The first-order chi connectivity index (χ1) is 16.4. The van der Waals surface area contributed by atoms with Crippen LogP contribution in [0, 0.1) is 0 Å². The van der Waals surface area contributed by atoms with E-state index in [-0.39, 0.29) is 11.8 Å². The predicted molar refractivity (Wildman–Crippen MR) is 127 cm³/mol. The van der Waals surface area contributed by atoms with Gasteiger partial charge in [0.2, 0.25) is 5.91 Å². The minimum absolute atomic E-state index is 0.0845. The molecule has 0 fully saturated rings. The van der Waals surface area contributed by atoms with Gasteiger partial charge in [0.05, 0.1) is 24.9 Å². The number of nitrogens with one attached hydrogen (secondary N) is 1. The molecule has 34 heavy (non-hydrogen) atoms. The van der Waals surface area contributed by atoms with Gasteiger partial charge in [-0.25, -0.2) is 10.4 Å². The number of amides is 3. The molecule has 10 nitrogen and oxygen atoms in total. The summed E-state index contributed by atoms with van der Waals surface area (Å²) in [6.07, 6.45) is 0.794. The van der Waals surface area contributed by atoms with Gasteiger partial charge in [-0.15, -0.1) is 0 Å². The van der Waals surface area contributed by atoms with Crippen LogP contribution in [-0.4, -0.2) is 43.1 Å². The molecule has 3 heterocycles. The molecule has 3 amide bonds. The third kappa shape index (κ3) is 3.57. The maximum Gasteiger partial charge on any atom is 0.276 e. The van der Waals surface area contributed by atoms with Crippen LogP contribution >= 0.6 is 0 Å². The summed E-state index contributed by atoms with van der Waals surface area (Å²) >= 11 is 0. The number of nitrogens with zero attached hydrogens (tertiary/aromatic N) is 4. The van der Waals surface area contributed by atoms with Crippen LogP contribution in [0.25, 0.3) is 0 Å². The molecule has 1 atom stereocenters. The van der Waals surface area contributed by atoms with Gasteiger partial charge in [-0.3, -0.25) is 19.4 Å². The number of primary amides is 1. The van der Waals surface area contributed by atoms with E-state index in [2.05, 4.69) is 10.5 Å². The summed E-state index contributed by atoms with van der Waals surface area (Å²) < 4.78 is 5.22. The highest BCUT2D eigenvalue weighted by atomic mass is 16.5. The summed E-state index contributed by atoms with van der Waals surface area (Å²) in [6, 6.07) is 13.5. The van der Waals surface area contributed by atoms with Crippen LogP contribution in [0.4, 0.5) is 17.1 Å². The highest BCUT2D eigenvalue weighted by Crippen LogP contribution is 2.36. The number of hydrogen-bond acceptors (Lipinski definition) is 7. The third-order valence-electron chi connectivity index (χ3n) is 6.12. The molecule has 2 aromatic carbocycles. The molecule has 0 spiro atoms. The van der Waals surface area contributed by atoms with E-state index >= 15 is 0 Å². The highest BCUT2D eigenvalue weighted by molar-refractivity contribution is 6.13. The van der Waals surface area contributed by atoms with Crippen LogP contribution in [0.3, 0.4) is 0 Å². The van der Waals surface area contributed by atoms with E-state index in [0.717, 1.165) is 5.71 Å². The van der Waals surface area contributed by atoms with Crippen LogP contribution in [-0.2, 0) is 14.4 Å². The number of hydrogen-bond donors (Lipinski definition) is 2. The molecule has 0 radical (unpaired) electrons. The maximum absolute atomic E-state index is 13.6. The number of hydrazine groups is 1. The molecule has 0 aliphatic carbocycles. The highest BCUT2D eigenvalue weighted by Gasteiger charge is 2.43. The molecule has 174 valence electrons. The van der Waals surface area contributed by atoms with Crippen molar-refractivity contribution in [3.8, 4) is 5.75 Å². The van der Waals surface area contributed by atoms with E-state index in [1.165, 1.54) is 5.01 Å². The summed E-state index contributed by atoms with van der Waals surface area (Å²) in [5, 5.41) is 7.26. The van der Waals surface area contributed by atoms with Gasteiger partial charge in [-0.05, 0) is 67.4 Å². The molecule has 5 rings (SSSR count). The van der Waals surface area contributed by atoms with Gasteiger partial charge in [0.25, 0.3) is 11.8 Å². The molecule has 3 N–H and O–H groups in total. The molecule has 0 bridgehead atoms. The number of rotatable bonds is 5. The summed E-state index contributed by atoms with van der Waals surface area (Å²) in [5.41, 5.74) is 12.5. The molecule has 3 aliphatic rings. The summed E-state index contributed by atoms with van der Waals surface area (Å²) in [4.78, 5) is 39.5. The second-order valence-corrected chi connectivity index (χ2v) is 8.31. The zero-order valence-electron chi connectivity index (χ0n) is 18.8. The fourth-order valence-electron chi connectivity index (χ4n) is 4.46. The first-order valence-corrected chi connectivity index (χ1v) is 10.9. The molecule has 10 heteroatoms. The molecule has 0 aromatic heterocycles. The Morgan fingerprint density at radius 1 is 1.06 bits per heavy atom. The Kier molecular flexibility index (Phi) is 5.29. The minimum atomic E-state index is -0.757. The van der Waals surface area contributed by atoms with E-state index < -0.39 is 11.9 Å². The SMILES string of the molecule is COc1ccc(N2NC(C(N)=O)C3=C2C(=O)N(c2ccc(N4N=C(C)CC4=O)cc2)CC3)cc1. The van der Waals surface area contributed by atoms with Gasteiger partial charge in [-0.2, -0.15) is 5.10 Å². The van der Waals surface area contributed by atoms with Crippen molar-refractivity contribution in [3.05, 3.63) is 59.8 Å². The second-order valence-electron chi connectivity index (χ2n) is 8.31. The largest absolute Gasteiger partial charge is 0.497 e. The second kappa shape index (κ2) is 8.31. The Morgan fingerprint density at radius 3 is 2.29 bits per heavy atom. The van der Waals surface area contributed by atoms with Crippen LogP contribution in [0.1, 0.15) is 19.8 Å². The van der Waals surface area contributed by atoms with Crippen LogP contribution in [0.15, 0.2) is 64.9 Å². The lowest BCUT2D eigenvalue weighted by Crippen LogP contribution is -2.45. The number of benzene rings is 2. The molecule has 3 aliphatic heterocycles. The lowest BCUT2D eigenvalue weighted by atomic mass is 9.98. The molecule has 2 aromatic rings. The first kappa shape index (κ1) is 21.7. The van der Waals surface area contributed by atoms with Crippen LogP contribution in [0.2, 0.25) is 0 Å². The number of ether oxygens (including phenoxy) is 1. The number of anilines is 3. The zero-order chi connectivity index (χ0) is 24.0. The van der Waals surface area contributed by atoms with Crippen molar-refractivity contribution < 1.29 is 19.1 Å². The quantitative estimate of drug-likeness (QED) is 0.700. The van der Waals surface area contributed by atoms with Gasteiger partial charge in [0.1, 0.15) is 17.5 Å². The summed E-state index contributed by atoms with van der Waals surface area (Å²) in [6.45, 7) is 2.21. The zero-order valence-corrected chi connectivity index (χ0v) is 18.8. The Bertz CT molecular complexity index is 1240. The average Bonchev–Trinajstić information content (AvgIpc) is 3.40. The van der Waals surface area contributed by atoms with E-state index in [4.69, 9.17) is 10.5 Å². The molecule has 0 saturated heterocycles. The Balaban J connectivity index is 1.45. The van der Waals surface area contributed by atoms with Gasteiger partial charge in [-0.1, -0.05) is 0 Å². The number of hydrazone groups is 1. The van der Waals surface area contributed by atoms with E-state index in [9.17, 15) is 14.4 Å². The van der Waals surface area contributed by atoms with Crippen molar-refractivity contribution in [2.45, 2.75) is 25.8 Å². The van der Waals surface area contributed by atoms with Gasteiger partial charge in [0.15, 0.2) is 0 Å². The molecular formula is C24H24N6O4. The maximum atomic E-state index is 13.6. The van der Waals surface area contributed by atoms with Crippen molar-refractivity contribution >= 4 is 40.5 Å². The van der Waals surface area contributed by atoms with Gasteiger partial charge >= 0.3 is 0 Å². The van der Waals surface area contributed by atoms with Crippen molar-refractivity contribution in [1.82, 2.24) is 5.43 Å². The molecule has 0 saturated carbocycles. The molecule has 1 unspecified atom stereocenters. The lowest BCUT2D eigenvalue weighted by molar-refractivity contribution is -0.119. The van der Waals surface area contributed by atoms with E-state index in [0.29, 0.717) is 53.5 Å². The average molecular weight is 460 g/mol. The minimum Gasteiger partial charge on any atom is -0.497 e. The number of carbonyl (C=O) groups excluding carboxylic acids is 3. The number of nitrogens with two attached hydrogens (primary N) is 1. The lowest BCUT2D eigenvalue weighted by Gasteiger charge is -2.31. The Morgan fingerprint density at radius 2 is 1.71 bits per heavy atom. The van der Waals surface area contributed by atoms with Crippen LogP contribution < -0.4 is 30.8 Å².